The van der Waals surface area contributed by atoms with Crippen LogP contribution >= 0.6 is 0 Å². The first-order chi connectivity index (χ1) is 12.7. The number of rotatable bonds is 5. The van der Waals surface area contributed by atoms with E-state index in [1.807, 2.05) is 0 Å². The van der Waals surface area contributed by atoms with Crippen molar-refractivity contribution in [2.75, 3.05) is 16.2 Å². The summed E-state index contributed by atoms with van der Waals surface area (Å²) in [6, 6.07) is 17.0. The van der Waals surface area contributed by atoms with Gasteiger partial charge in [0.25, 0.3) is 10.0 Å². The Hall–Kier alpha value is -3.04. The molecule has 0 aliphatic carbocycles. The average Bonchev–Trinajstić information content (AvgIpc) is 2.62. The molecular weight excluding hydrogens is 386 g/mol. The average molecular weight is 403 g/mol. The summed E-state index contributed by atoms with van der Waals surface area (Å²) >= 11 is 0. The number of anilines is 3. The van der Waals surface area contributed by atoms with Gasteiger partial charge in [-0.2, -0.15) is 0 Å². The van der Waals surface area contributed by atoms with Crippen LogP contribution in [0.4, 0.5) is 17.1 Å². The molecule has 0 aliphatic rings. The molecule has 0 fully saturated rings. The van der Waals surface area contributed by atoms with Crippen LogP contribution in [-0.2, 0) is 19.9 Å². The Morgan fingerprint density at radius 1 is 0.556 bits per heavy atom. The van der Waals surface area contributed by atoms with Crippen LogP contribution in [0, 0.1) is 0 Å². The van der Waals surface area contributed by atoms with E-state index in [9.17, 15) is 16.8 Å². The lowest BCUT2D eigenvalue weighted by Crippen LogP contribution is -2.13. The molecule has 9 heteroatoms. The molecule has 5 N–H and O–H groups in total. The van der Waals surface area contributed by atoms with E-state index in [2.05, 4.69) is 4.72 Å². The second-order valence-corrected chi connectivity index (χ2v) is 9.40. The van der Waals surface area contributed by atoms with E-state index in [-0.39, 0.29) is 20.4 Å². The second kappa shape index (κ2) is 6.93. The van der Waals surface area contributed by atoms with Crippen LogP contribution in [0.3, 0.4) is 0 Å². The molecule has 0 aliphatic heterocycles. The third-order valence-electron chi connectivity index (χ3n) is 3.80. The van der Waals surface area contributed by atoms with Gasteiger partial charge in [0.2, 0.25) is 9.84 Å². The number of hydrogen-bond acceptors (Lipinski definition) is 6. The van der Waals surface area contributed by atoms with Gasteiger partial charge in [0, 0.05) is 17.1 Å². The molecule has 0 aromatic heterocycles. The number of benzene rings is 3. The molecule has 0 saturated heterocycles. The fourth-order valence-electron chi connectivity index (χ4n) is 2.35. The lowest BCUT2D eigenvalue weighted by molar-refractivity contribution is 0.596. The summed E-state index contributed by atoms with van der Waals surface area (Å²) < 4.78 is 52.3. The van der Waals surface area contributed by atoms with Crippen molar-refractivity contribution in [2.45, 2.75) is 14.7 Å². The molecule has 0 spiro atoms. The van der Waals surface area contributed by atoms with Crippen LogP contribution in [0.5, 0.6) is 0 Å². The predicted molar refractivity (Wildman–Crippen MR) is 104 cm³/mol. The fraction of sp³-hybridized carbons (Fsp3) is 0. The highest BCUT2D eigenvalue weighted by atomic mass is 32.2. The summed E-state index contributed by atoms with van der Waals surface area (Å²) in [7, 11) is -7.52. The maximum Gasteiger partial charge on any atom is 0.261 e. The molecule has 3 aromatic rings. The summed E-state index contributed by atoms with van der Waals surface area (Å²) in [5.41, 5.74) is 12.3. The number of sulfone groups is 1. The van der Waals surface area contributed by atoms with Gasteiger partial charge in [-0.1, -0.05) is 0 Å². The third-order valence-corrected chi connectivity index (χ3v) is 6.98. The van der Waals surface area contributed by atoms with E-state index >= 15 is 0 Å². The van der Waals surface area contributed by atoms with Gasteiger partial charge in [0.05, 0.1) is 14.7 Å². The quantitative estimate of drug-likeness (QED) is 0.561. The van der Waals surface area contributed by atoms with Crippen LogP contribution in [0.15, 0.2) is 87.5 Å². The van der Waals surface area contributed by atoms with Gasteiger partial charge in [-0.05, 0) is 72.8 Å². The van der Waals surface area contributed by atoms with Crippen LogP contribution in [0.2, 0.25) is 0 Å². The van der Waals surface area contributed by atoms with E-state index in [0.717, 1.165) is 0 Å². The highest BCUT2D eigenvalue weighted by molar-refractivity contribution is 7.92. The van der Waals surface area contributed by atoms with E-state index in [4.69, 9.17) is 11.5 Å². The lowest BCUT2D eigenvalue weighted by atomic mass is 10.3. The van der Waals surface area contributed by atoms with Crippen molar-refractivity contribution >= 4 is 36.9 Å². The van der Waals surface area contributed by atoms with Crippen LogP contribution in [0.25, 0.3) is 0 Å². The smallest absolute Gasteiger partial charge is 0.261 e. The van der Waals surface area contributed by atoms with Crippen molar-refractivity contribution in [3.63, 3.8) is 0 Å². The van der Waals surface area contributed by atoms with Crippen molar-refractivity contribution < 1.29 is 16.8 Å². The molecule has 3 rings (SSSR count). The second-order valence-electron chi connectivity index (χ2n) is 5.77. The molecule has 0 amide bonds. The maximum atomic E-state index is 12.6. The zero-order valence-corrected chi connectivity index (χ0v) is 15.7. The van der Waals surface area contributed by atoms with E-state index in [0.29, 0.717) is 11.4 Å². The van der Waals surface area contributed by atoms with Gasteiger partial charge in [-0.15, -0.1) is 0 Å². The Kier molecular flexibility index (Phi) is 4.81. The number of sulfonamides is 1. The normalized spacial score (nSPS) is 11.9. The minimum absolute atomic E-state index is 0.0442. The molecule has 0 radical (unpaired) electrons. The third kappa shape index (κ3) is 4.04. The Morgan fingerprint density at radius 3 is 1.37 bits per heavy atom. The number of nitrogens with two attached hydrogens (primary N) is 2. The molecule has 0 heterocycles. The molecular formula is C18H17N3O4S2. The largest absolute Gasteiger partial charge is 0.399 e. The zero-order chi connectivity index (χ0) is 19.7. The SMILES string of the molecule is Nc1ccc(S(=O)(=O)Nc2ccc(S(=O)(=O)c3ccc(N)cc3)cc2)cc1. The van der Waals surface area contributed by atoms with Crippen molar-refractivity contribution in [1.82, 2.24) is 0 Å². The minimum atomic E-state index is -3.80. The Morgan fingerprint density at radius 2 is 0.926 bits per heavy atom. The molecule has 3 aromatic carbocycles. The standard InChI is InChI=1S/C18H17N3O4S2/c19-13-1-7-16(8-2-13)26(22,23)17-11-5-15(6-12-17)21-27(24,25)18-9-3-14(20)4-10-18/h1-12,21H,19-20H2. The zero-order valence-electron chi connectivity index (χ0n) is 14.0. The highest BCUT2D eigenvalue weighted by Crippen LogP contribution is 2.24. The van der Waals surface area contributed by atoms with Gasteiger partial charge < -0.3 is 11.5 Å². The number of hydrogen-bond donors (Lipinski definition) is 3. The molecule has 0 bridgehead atoms. The Bertz CT molecular complexity index is 1150. The summed E-state index contributed by atoms with van der Waals surface area (Å²) in [6.07, 6.45) is 0. The molecule has 27 heavy (non-hydrogen) atoms. The Labute approximate surface area is 157 Å². The summed E-state index contributed by atoms with van der Waals surface area (Å²) in [5, 5.41) is 0. The van der Waals surface area contributed by atoms with Gasteiger partial charge in [-0.3, -0.25) is 4.72 Å². The van der Waals surface area contributed by atoms with Crippen LogP contribution < -0.4 is 16.2 Å². The van der Waals surface area contributed by atoms with Crippen molar-refractivity contribution in [1.29, 1.82) is 0 Å². The van der Waals surface area contributed by atoms with Crippen molar-refractivity contribution in [3.05, 3.63) is 72.8 Å². The topological polar surface area (TPSA) is 132 Å². The first kappa shape index (κ1) is 18.7. The summed E-state index contributed by atoms with van der Waals surface area (Å²) in [6.45, 7) is 0. The van der Waals surface area contributed by atoms with Gasteiger partial charge in [-0.25, -0.2) is 16.8 Å². The lowest BCUT2D eigenvalue weighted by Gasteiger charge is -2.10. The van der Waals surface area contributed by atoms with Crippen molar-refractivity contribution in [3.8, 4) is 0 Å². The maximum absolute atomic E-state index is 12.6. The molecule has 0 saturated carbocycles. The van der Waals surface area contributed by atoms with Gasteiger partial charge in [0.1, 0.15) is 0 Å². The van der Waals surface area contributed by atoms with Crippen LogP contribution in [0.1, 0.15) is 0 Å². The summed E-state index contributed by atoms with van der Waals surface area (Å²) in [4.78, 5) is 0.199. The van der Waals surface area contributed by atoms with Gasteiger partial charge >= 0.3 is 0 Å². The molecule has 0 atom stereocenters. The van der Waals surface area contributed by atoms with Gasteiger partial charge in [0.15, 0.2) is 0 Å². The monoisotopic (exact) mass is 403 g/mol. The van der Waals surface area contributed by atoms with Crippen LogP contribution in [-0.4, -0.2) is 16.8 Å². The first-order valence-electron chi connectivity index (χ1n) is 7.77. The van der Waals surface area contributed by atoms with E-state index in [1.54, 1.807) is 0 Å². The molecule has 140 valence electrons. The number of nitrogens with one attached hydrogen (secondary N) is 1. The minimum Gasteiger partial charge on any atom is -0.399 e. The summed E-state index contributed by atoms with van der Waals surface area (Å²) in [5.74, 6) is 0. The predicted octanol–water partition coefficient (Wildman–Crippen LogP) is 2.48. The molecule has 7 nitrogen and oxygen atoms in total. The van der Waals surface area contributed by atoms with E-state index in [1.165, 1.54) is 72.8 Å². The van der Waals surface area contributed by atoms with E-state index < -0.39 is 19.9 Å². The fourth-order valence-corrected chi connectivity index (χ4v) is 4.67. The number of nitrogen functional groups attached to an aromatic ring is 2. The van der Waals surface area contributed by atoms with Crippen molar-refractivity contribution in [2.24, 2.45) is 0 Å². The highest BCUT2D eigenvalue weighted by Gasteiger charge is 2.18. The first-order valence-corrected chi connectivity index (χ1v) is 10.7. The Balaban J connectivity index is 1.85. The molecule has 0 unspecified atom stereocenters.